The quantitative estimate of drug-likeness (QED) is 0.521. The summed E-state index contributed by atoms with van der Waals surface area (Å²) in [4.78, 5) is 29.7. The molecule has 0 unspecified atom stereocenters. The molecule has 1 amide bonds. The van der Waals surface area contributed by atoms with E-state index in [4.69, 9.17) is 10.1 Å². The van der Waals surface area contributed by atoms with E-state index in [0.717, 1.165) is 12.7 Å². The highest BCUT2D eigenvalue weighted by atomic mass is 32.2. The number of esters is 1. The number of nitrogens with one attached hydrogen (secondary N) is 2. The Bertz CT molecular complexity index is 1170. The van der Waals surface area contributed by atoms with E-state index in [1.54, 1.807) is 42.5 Å². The normalized spacial score (nSPS) is 16.1. The van der Waals surface area contributed by atoms with Gasteiger partial charge in [-0.05, 0) is 29.8 Å². The van der Waals surface area contributed by atoms with Crippen molar-refractivity contribution >= 4 is 27.6 Å². The molecule has 0 spiro atoms. The zero-order chi connectivity index (χ0) is 23.8. The molecule has 0 aromatic heterocycles. The Morgan fingerprint density at radius 1 is 1.21 bits per heavy atom. The van der Waals surface area contributed by atoms with Gasteiger partial charge in [0.15, 0.2) is 0 Å². The van der Waals surface area contributed by atoms with Gasteiger partial charge in [0.1, 0.15) is 12.1 Å². The minimum absolute atomic E-state index is 0.0166. The molecule has 2 N–H and O–H groups in total. The fourth-order valence-electron chi connectivity index (χ4n) is 3.11. The molecule has 0 aliphatic carbocycles. The van der Waals surface area contributed by atoms with Crippen molar-refractivity contribution in [3.05, 3.63) is 65.7 Å². The van der Waals surface area contributed by atoms with Gasteiger partial charge in [0.25, 0.3) is 0 Å². The number of carbonyl (C=O) groups excluding carboxylic acids is 2. The number of carbonyl (C=O) groups is 2. The monoisotopic (exact) mass is 470 g/mol. The van der Waals surface area contributed by atoms with Crippen LogP contribution in [0.1, 0.15) is 24.0 Å². The second-order valence-electron chi connectivity index (χ2n) is 7.18. The highest BCUT2D eigenvalue weighted by Crippen LogP contribution is 2.19. The fourth-order valence-corrected chi connectivity index (χ4v) is 4.32. The molecular formula is C22H22N4O6S. The second-order valence-corrected chi connectivity index (χ2v) is 8.89. The molecule has 172 valence electrons. The molecule has 0 radical (unpaired) electrons. The lowest BCUT2D eigenvalue weighted by atomic mass is 10.0. The van der Waals surface area contributed by atoms with E-state index in [1.165, 1.54) is 12.1 Å². The van der Waals surface area contributed by atoms with Gasteiger partial charge in [0.2, 0.25) is 15.9 Å². The molecule has 0 saturated heterocycles. The molecule has 1 heterocycles. The van der Waals surface area contributed by atoms with Crippen LogP contribution in [0, 0.1) is 11.3 Å². The molecule has 2 atom stereocenters. The van der Waals surface area contributed by atoms with Gasteiger partial charge in [-0.25, -0.2) is 8.42 Å². The number of methoxy groups -OCH3 is 1. The molecule has 0 fully saturated rings. The summed E-state index contributed by atoms with van der Waals surface area (Å²) in [6.07, 6.45) is -0.156. The zero-order valence-corrected chi connectivity index (χ0v) is 18.5. The maximum absolute atomic E-state index is 12.5. The first-order valence-electron chi connectivity index (χ1n) is 9.97. The molecule has 1 aliphatic heterocycles. The lowest BCUT2D eigenvalue weighted by Gasteiger charge is -2.18. The van der Waals surface area contributed by atoms with Crippen LogP contribution in [0.3, 0.4) is 0 Å². The van der Waals surface area contributed by atoms with E-state index in [-0.39, 0.29) is 17.9 Å². The van der Waals surface area contributed by atoms with Gasteiger partial charge in [0, 0.05) is 13.0 Å². The summed E-state index contributed by atoms with van der Waals surface area (Å²) >= 11 is 0. The molecule has 11 heteroatoms. The van der Waals surface area contributed by atoms with Gasteiger partial charge >= 0.3 is 5.97 Å². The lowest BCUT2D eigenvalue weighted by Crippen LogP contribution is -2.49. The van der Waals surface area contributed by atoms with E-state index in [0.29, 0.717) is 17.7 Å². The summed E-state index contributed by atoms with van der Waals surface area (Å²) in [6.45, 7) is -0.298. The number of benzene rings is 2. The van der Waals surface area contributed by atoms with Gasteiger partial charge in [-0.1, -0.05) is 35.5 Å². The van der Waals surface area contributed by atoms with E-state index in [2.05, 4.69) is 19.9 Å². The molecule has 0 bridgehead atoms. The SMILES string of the molecule is COC(=O)[C@H](CNC(=O)C[C@H]1CC(c2ccc(C#N)cc2)=NO1)NS(=O)(=O)c1ccccc1. The van der Waals surface area contributed by atoms with Crippen molar-refractivity contribution in [1.29, 1.82) is 5.26 Å². The number of rotatable bonds is 9. The van der Waals surface area contributed by atoms with Crippen LogP contribution in [0.15, 0.2) is 64.6 Å². The average Bonchev–Trinajstić information content (AvgIpc) is 3.30. The summed E-state index contributed by atoms with van der Waals surface area (Å²) in [7, 11) is -2.87. The Balaban J connectivity index is 1.53. The second kappa shape index (κ2) is 10.7. The molecule has 0 saturated carbocycles. The summed E-state index contributed by atoms with van der Waals surface area (Å²) < 4.78 is 31.9. The predicted molar refractivity (Wildman–Crippen MR) is 117 cm³/mol. The van der Waals surface area contributed by atoms with Crippen LogP contribution in [-0.2, 0) is 29.2 Å². The smallest absolute Gasteiger partial charge is 0.325 e. The first-order valence-corrected chi connectivity index (χ1v) is 11.5. The number of nitriles is 1. The van der Waals surface area contributed by atoms with Gasteiger partial charge in [-0.3, -0.25) is 9.59 Å². The molecule has 33 heavy (non-hydrogen) atoms. The summed E-state index contributed by atoms with van der Waals surface area (Å²) in [5.74, 6) is -1.28. The van der Waals surface area contributed by atoms with Crippen molar-refractivity contribution in [3.8, 4) is 6.07 Å². The Kier molecular flexibility index (Phi) is 7.76. The summed E-state index contributed by atoms with van der Waals surface area (Å²) in [5.41, 5.74) is 1.97. The van der Waals surface area contributed by atoms with E-state index in [1.807, 2.05) is 6.07 Å². The van der Waals surface area contributed by atoms with E-state index in [9.17, 15) is 18.0 Å². The highest BCUT2D eigenvalue weighted by Gasteiger charge is 2.29. The van der Waals surface area contributed by atoms with Crippen molar-refractivity contribution in [2.75, 3.05) is 13.7 Å². The van der Waals surface area contributed by atoms with Crippen molar-refractivity contribution in [2.45, 2.75) is 29.9 Å². The minimum Gasteiger partial charge on any atom is -0.468 e. The Morgan fingerprint density at radius 3 is 2.55 bits per heavy atom. The van der Waals surface area contributed by atoms with Crippen LogP contribution in [-0.4, -0.2) is 51.8 Å². The predicted octanol–water partition coefficient (Wildman–Crippen LogP) is 1.08. The molecule has 2 aromatic carbocycles. The Labute approximate surface area is 191 Å². The van der Waals surface area contributed by atoms with Crippen molar-refractivity contribution in [1.82, 2.24) is 10.0 Å². The maximum Gasteiger partial charge on any atom is 0.325 e. The zero-order valence-electron chi connectivity index (χ0n) is 17.7. The Morgan fingerprint density at radius 2 is 1.91 bits per heavy atom. The highest BCUT2D eigenvalue weighted by molar-refractivity contribution is 7.89. The van der Waals surface area contributed by atoms with Crippen LogP contribution in [0.25, 0.3) is 0 Å². The van der Waals surface area contributed by atoms with Crippen molar-refractivity contribution in [2.24, 2.45) is 5.16 Å². The molecule has 3 rings (SSSR count). The third kappa shape index (κ3) is 6.38. The molecule has 1 aliphatic rings. The number of amides is 1. The number of nitrogens with zero attached hydrogens (tertiary/aromatic N) is 2. The number of hydrogen-bond acceptors (Lipinski definition) is 8. The Hall–Kier alpha value is -3.75. The van der Waals surface area contributed by atoms with Gasteiger partial charge in [0.05, 0.1) is 35.8 Å². The first-order chi connectivity index (χ1) is 15.8. The first kappa shape index (κ1) is 23.9. The lowest BCUT2D eigenvalue weighted by molar-refractivity contribution is -0.142. The van der Waals surface area contributed by atoms with Crippen LogP contribution >= 0.6 is 0 Å². The third-order valence-electron chi connectivity index (χ3n) is 4.83. The van der Waals surface area contributed by atoms with Crippen molar-refractivity contribution < 1.29 is 27.6 Å². The third-order valence-corrected chi connectivity index (χ3v) is 6.32. The minimum atomic E-state index is -3.99. The summed E-state index contributed by atoms with van der Waals surface area (Å²) in [6, 6.07) is 15.1. The van der Waals surface area contributed by atoms with Crippen LogP contribution in [0.2, 0.25) is 0 Å². The standard InChI is InChI=1S/C22H22N4O6S/c1-31-22(28)20(26-33(29,30)18-5-3-2-4-6-18)14-24-21(27)12-17-11-19(25-32-17)16-9-7-15(13-23)8-10-16/h2-10,17,20,26H,11-12,14H2,1H3,(H,24,27)/t17-,20+/m1/s1. The van der Waals surface area contributed by atoms with Gasteiger partial charge in [-0.2, -0.15) is 9.98 Å². The number of hydrogen-bond donors (Lipinski definition) is 2. The molecule has 10 nitrogen and oxygen atoms in total. The summed E-state index contributed by atoms with van der Waals surface area (Å²) in [5, 5.41) is 15.4. The van der Waals surface area contributed by atoms with E-state index >= 15 is 0 Å². The molecule has 2 aromatic rings. The number of oxime groups is 1. The maximum atomic E-state index is 12.5. The van der Waals surface area contributed by atoms with Gasteiger partial charge in [-0.15, -0.1) is 0 Å². The number of ether oxygens (including phenoxy) is 1. The molecular weight excluding hydrogens is 448 g/mol. The number of sulfonamides is 1. The average molecular weight is 471 g/mol. The van der Waals surface area contributed by atoms with Crippen molar-refractivity contribution in [3.63, 3.8) is 0 Å². The van der Waals surface area contributed by atoms with Crippen LogP contribution < -0.4 is 10.0 Å². The topological polar surface area (TPSA) is 147 Å². The largest absolute Gasteiger partial charge is 0.468 e. The fraction of sp³-hybridized carbons (Fsp3) is 0.273. The van der Waals surface area contributed by atoms with Gasteiger partial charge < -0.3 is 14.9 Å². The van der Waals surface area contributed by atoms with Crippen LogP contribution in [0.4, 0.5) is 0 Å². The van der Waals surface area contributed by atoms with E-state index < -0.39 is 34.0 Å². The van der Waals surface area contributed by atoms with Crippen LogP contribution in [0.5, 0.6) is 0 Å².